The number of aryl methyl sites for hydroxylation is 1. The van der Waals surface area contributed by atoms with Crippen molar-refractivity contribution >= 4 is 23.2 Å². The van der Waals surface area contributed by atoms with Gasteiger partial charge in [0, 0.05) is 24.0 Å². The van der Waals surface area contributed by atoms with Crippen LogP contribution in [0.3, 0.4) is 0 Å². The minimum atomic E-state index is -0.792. The largest absolute Gasteiger partial charge is 0.342 e. The minimum absolute atomic E-state index is 0.0197. The van der Waals surface area contributed by atoms with E-state index in [0.29, 0.717) is 25.9 Å². The molecule has 0 bridgehead atoms. The van der Waals surface area contributed by atoms with Gasteiger partial charge >= 0.3 is 0 Å². The lowest BCUT2D eigenvalue weighted by Gasteiger charge is -2.30. The topological polar surface area (TPSA) is 62.3 Å². The summed E-state index contributed by atoms with van der Waals surface area (Å²) in [6, 6.07) is 0. The first-order chi connectivity index (χ1) is 8.94. The Morgan fingerprint density at radius 2 is 2.26 bits per heavy atom. The van der Waals surface area contributed by atoms with Gasteiger partial charge in [0.1, 0.15) is 10.5 Å². The van der Waals surface area contributed by atoms with Gasteiger partial charge in [-0.05, 0) is 20.3 Å². The third kappa shape index (κ3) is 2.94. The number of rotatable bonds is 3. The van der Waals surface area contributed by atoms with E-state index in [1.165, 1.54) is 0 Å². The summed E-state index contributed by atoms with van der Waals surface area (Å²) < 4.78 is 0. The van der Waals surface area contributed by atoms with Crippen LogP contribution in [-0.4, -0.2) is 33.8 Å². The summed E-state index contributed by atoms with van der Waals surface area (Å²) in [5.74, 6) is -0.0794. The molecule has 1 aromatic rings. The number of nitrogens with one attached hydrogen (secondary N) is 1. The van der Waals surface area contributed by atoms with Crippen LogP contribution in [0.4, 0.5) is 0 Å². The standard InChI is InChI=1S/C13H19N3O2S/c1-4-13(3)12(18)16(6-5-10(17)15-13)7-11-14-9(2)8-19-11/h8H,4-7H2,1-3H3,(H,15,17). The summed E-state index contributed by atoms with van der Waals surface area (Å²) in [6.07, 6.45) is 0.941. The fourth-order valence-corrected chi connectivity index (χ4v) is 2.93. The highest BCUT2D eigenvalue weighted by Gasteiger charge is 2.39. The summed E-state index contributed by atoms with van der Waals surface area (Å²) >= 11 is 1.55. The van der Waals surface area contributed by atoms with E-state index in [0.717, 1.165) is 10.7 Å². The molecule has 0 radical (unpaired) electrons. The van der Waals surface area contributed by atoms with Crippen molar-refractivity contribution in [1.82, 2.24) is 15.2 Å². The lowest BCUT2D eigenvalue weighted by Crippen LogP contribution is -2.54. The number of thiazole rings is 1. The van der Waals surface area contributed by atoms with Crippen molar-refractivity contribution in [3.63, 3.8) is 0 Å². The monoisotopic (exact) mass is 281 g/mol. The van der Waals surface area contributed by atoms with Crippen LogP contribution in [0.25, 0.3) is 0 Å². The Morgan fingerprint density at radius 3 is 2.84 bits per heavy atom. The summed E-state index contributed by atoms with van der Waals surface area (Å²) in [7, 11) is 0. The first kappa shape index (κ1) is 14.0. The van der Waals surface area contributed by atoms with Crippen LogP contribution in [0.2, 0.25) is 0 Å². The molecule has 5 nitrogen and oxygen atoms in total. The Hall–Kier alpha value is -1.43. The molecule has 19 heavy (non-hydrogen) atoms. The van der Waals surface area contributed by atoms with Crippen LogP contribution in [0.1, 0.15) is 37.4 Å². The Balaban J connectivity index is 2.19. The van der Waals surface area contributed by atoms with Crippen molar-refractivity contribution < 1.29 is 9.59 Å². The number of nitrogens with zero attached hydrogens (tertiary/aromatic N) is 2. The Labute approximate surface area is 117 Å². The third-order valence-corrected chi connectivity index (χ3v) is 4.43. The van der Waals surface area contributed by atoms with Crippen LogP contribution >= 0.6 is 11.3 Å². The Kier molecular flexibility index (Phi) is 3.89. The highest BCUT2D eigenvalue weighted by Crippen LogP contribution is 2.20. The second kappa shape index (κ2) is 5.28. The molecule has 0 spiro atoms. The van der Waals surface area contributed by atoms with Crippen molar-refractivity contribution in [2.24, 2.45) is 0 Å². The quantitative estimate of drug-likeness (QED) is 0.912. The lowest BCUT2D eigenvalue weighted by molar-refractivity contribution is -0.138. The maximum absolute atomic E-state index is 12.5. The molecule has 1 aliphatic rings. The lowest BCUT2D eigenvalue weighted by atomic mass is 9.97. The van der Waals surface area contributed by atoms with Crippen LogP contribution in [-0.2, 0) is 16.1 Å². The van der Waals surface area contributed by atoms with Crippen LogP contribution < -0.4 is 5.32 Å². The molecular formula is C13H19N3O2S. The smallest absolute Gasteiger partial charge is 0.248 e. The molecule has 104 valence electrons. The molecule has 1 unspecified atom stereocenters. The van der Waals surface area contributed by atoms with Crippen molar-refractivity contribution in [3.05, 3.63) is 16.1 Å². The first-order valence-electron chi connectivity index (χ1n) is 6.46. The molecular weight excluding hydrogens is 262 g/mol. The zero-order valence-electron chi connectivity index (χ0n) is 11.5. The fourth-order valence-electron chi connectivity index (χ4n) is 2.14. The van der Waals surface area contributed by atoms with Crippen molar-refractivity contribution in [2.75, 3.05) is 6.54 Å². The van der Waals surface area contributed by atoms with Crippen molar-refractivity contribution in [1.29, 1.82) is 0 Å². The van der Waals surface area contributed by atoms with E-state index in [1.807, 2.05) is 19.2 Å². The highest BCUT2D eigenvalue weighted by molar-refractivity contribution is 7.09. The number of amides is 2. The van der Waals surface area contributed by atoms with E-state index >= 15 is 0 Å². The van der Waals surface area contributed by atoms with E-state index in [4.69, 9.17) is 0 Å². The average molecular weight is 281 g/mol. The molecule has 0 aliphatic carbocycles. The molecule has 1 saturated heterocycles. The molecule has 2 rings (SSSR count). The van der Waals surface area contributed by atoms with Gasteiger partial charge in [-0.2, -0.15) is 0 Å². The van der Waals surface area contributed by atoms with Crippen LogP contribution in [0, 0.1) is 6.92 Å². The molecule has 2 amide bonds. The number of carbonyl (C=O) groups is 2. The van der Waals surface area contributed by atoms with Gasteiger partial charge in [0.25, 0.3) is 0 Å². The second-order valence-corrected chi connectivity index (χ2v) is 6.04. The first-order valence-corrected chi connectivity index (χ1v) is 7.34. The predicted molar refractivity (Wildman–Crippen MR) is 73.7 cm³/mol. The predicted octanol–water partition coefficient (Wildman–Crippen LogP) is 1.47. The molecule has 2 heterocycles. The molecule has 0 saturated carbocycles. The van der Waals surface area contributed by atoms with Gasteiger partial charge in [0.05, 0.1) is 6.54 Å². The Morgan fingerprint density at radius 1 is 1.53 bits per heavy atom. The third-order valence-electron chi connectivity index (χ3n) is 3.48. The number of hydrogen-bond donors (Lipinski definition) is 1. The van der Waals surface area contributed by atoms with Crippen molar-refractivity contribution in [2.45, 2.75) is 45.7 Å². The van der Waals surface area contributed by atoms with Gasteiger partial charge in [-0.1, -0.05) is 6.92 Å². The van der Waals surface area contributed by atoms with Crippen LogP contribution in [0.5, 0.6) is 0 Å². The number of aromatic nitrogens is 1. The van der Waals surface area contributed by atoms with E-state index in [1.54, 1.807) is 23.2 Å². The normalized spacial score (nSPS) is 24.3. The summed E-state index contributed by atoms with van der Waals surface area (Å²) in [4.78, 5) is 30.4. The summed E-state index contributed by atoms with van der Waals surface area (Å²) in [6.45, 7) is 6.58. The molecule has 6 heteroatoms. The van der Waals surface area contributed by atoms with E-state index in [2.05, 4.69) is 10.3 Å². The van der Waals surface area contributed by atoms with E-state index in [-0.39, 0.29) is 11.8 Å². The molecule has 1 aliphatic heterocycles. The van der Waals surface area contributed by atoms with Gasteiger partial charge in [0.15, 0.2) is 0 Å². The number of carbonyl (C=O) groups excluding carboxylic acids is 2. The minimum Gasteiger partial charge on any atom is -0.342 e. The van der Waals surface area contributed by atoms with Crippen LogP contribution in [0.15, 0.2) is 5.38 Å². The van der Waals surface area contributed by atoms with Gasteiger partial charge < -0.3 is 10.2 Å². The second-order valence-electron chi connectivity index (χ2n) is 5.09. The SMILES string of the molecule is CCC1(C)NC(=O)CCN(Cc2nc(C)cs2)C1=O. The molecule has 1 aromatic heterocycles. The molecule has 1 atom stereocenters. The molecule has 0 aromatic carbocycles. The summed E-state index contributed by atoms with van der Waals surface area (Å²) in [5, 5.41) is 5.72. The maximum Gasteiger partial charge on any atom is 0.248 e. The average Bonchev–Trinajstić information content (AvgIpc) is 2.74. The van der Waals surface area contributed by atoms with E-state index < -0.39 is 5.54 Å². The molecule has 1 N–H and O–H groups in total. The molecule has 1 fully saturated rings. The Bertz CT molecular complexity index is 500. The van der Waals surface area contributed by atoms with Crippen molar-refractivity contribution in [3.8, 4) is 0 Å². The highest BCUT2D eigenvalue weighted by atomic mass is 32.1. The fraction of sp³-hybridized carbons (Fsp3) is 0.615. The zero-order valence-corrected chi connectivity index (χ0v) is 12.3. The number of hydrogen-bond acceptors (Lipinski definition) is 4. The zero-order chi connectivity index (χ0) is 14.0. The van der Waals surface area contributed by atoms with Gasteiger partial charge in [-0.3, -0.25) is 9.59 Å². The summed E-state index contributed by atoms with van der Waals surface area (Å²) in [5.41, 5.74) is 0.176. The van der Waals surface area contributed by atoms with Gasteiger partial charge in [0.2, 0.25) is 11.8 Å². The van der Waals surface area contributed by atoms with Gasteiger partial charge in [-0.25, -0.2) is 4.98 Å². The maximum atomic E-state index is 12.5. The van der Waals surface area contributed by atoms with Gasteiger partial charge in [-0.15, -0.1) is 11.3 Å². The van der Waals surface area contributed by atoms with E-state index in [9.17, 15) is 9.59 Å².